The van der Waals surface area contributed by atoms with Gasteiger partial charge in [-0.05, 0) is 336 Å². The molecule has 3 heterocycles. The Bertz CT molecular complexity index is 3250. The van der Waals surface area contributed by atoms with Gasteiger partial charge in [-0.15, -0.1) is 30.6 Å². The van der Waals surface area contributed by atoms with Gasteiger partial charge in [-0.25, -0.2) is 8.78 Å². The van der Waals surface area contributed by atoms with Gasteiger partial charge in [-0.3, -0.25) is 0 Å². The molecule has 0 aromatic carbocycles. The number of aliphatic hydroxyl groups is 3. The maximum absolute atomic E-state index is 13.4. The molecule has 3 aromatic rings. The lowest BCUT2D eigenvalue weighted by Crippen LogP contribution is -2.52. The quantitative estimate of drug-likeness (QED) is 0.129. The third-order valence-corrected chi connectivity index (χ3v) is 29.6. The summed E-state index contributed by atoms with van der Waals surface area (Å²) in [6.07, 6.45) is 34.0. The number of nitrogens with zero attached hydrogens (tertiary/aromatic N) is 12. The third-order valence-electron chi connectivity index (χ3n) is 29.5. The van der Waals surface area contributed by atoms with E-state index in [1.807, 2.05) is 0 Å². The maximum atomic E-state index is 13.4. The molecule has 3 aromatic heterocycles. The number of hydrogen-bond acceptors (Lipinski definition) is 12. The van der Waals surface area contributed by atoms with Crippen molar-refractivity contribution in [1.29, 1.82) is 0 Å². The van der Waals surface area contributed by atoms with Crippen LogP contribution in [0.3, 0.4) is 0 Å². The summed E-state index contributed by atoms with van der Waals surface area (Å²) < 4.78 is 26.8. The number of fused-ring (bicyclic) bond motifs is 15. The van der Waals surface area contributed by atoms with Crippen molar-refractivity contribution in [2.45, 2.75) is 250 Å². The minimum atomic E-state index is -2.62. The highest BCUT2D eigenvalue weighted by Crippen LogP contribution is 2.69. The highest BCUT2D eigenvalue weighted by atomic mass is 35.5. The molecular formula is C74H105ClF2N12O3. The monoisotopic (exact) mass is 1280 g/mol. The molecule has 15 nitrogen and oxygen atoms in total. The predicted molar refractivity (Wildman–Crippen MR) is 348 cm³/mol. The van der Waals surface area contributed by atoms with E-state index in [0.29, 0.717) is 96.1 Å². The van der Waals surface area contributed by atoms with Crippen molar-refractivity contribution in [1.82, 2.24) is 60.6 Å². The van der Waals surface area contributed by atoms with Gasteiger partial charge in [-0.1, -0.05) is 75.0 Å². The fourth-order valence-corrected chi connectivity index (χ4v) is 25.5. The van der Waals surface area contributed by atoms with E-state index in [9.17, 15) is 24.1 Å². The van der Waals surface area contributed by atoms with Crippen LogP contribution in [0.1, 0.15) is 207 Å². The van der Waals surface area contributed by atoms with Crippen molar-refractivity contribution in [3.8, 4) is 23.1 Å². The largest absolute Gasteiger partial charge is 0.384 e. The molecule has 13 aliphatic rings. The highest BCUT2D eigenvalue weighted by molar-refractivity contribution is 6.30. The average molecular weight is 1280 g/mol. The second kappa shape index (κ2) is 25.5. The zero-order chi connectivity index (χ0) is 64.0. The number of halogens is 3. The molecule has 3 N–H and O–H groups in total. The number of hydrogen-bond donors (Lipinski definition) is 3. The van der Waals surface area contributed by atoms with E-state index in [1.165, 1.54) is 158 Å². The summed E-state index contributed by atoms with van der Waals surface area (Å²) >= 11 is 5.63. The van der Waals surface area contributed by atoms with E-state index in [1.54, 1.807) is 14.4 Å². The zero-order valence-corrected chi connectivity index (χ0v) is 56.1. The second-order valence-corrected chi connectivity index (χ2v) is 33.9. The van der Waals surface area contributed by atoms with Crippen molar-refractivity contribution in [3.05, 3.63) is 55.4 Å². The predicted octanol–water partition coefficient (Wildman–Crippen LogP) is 13.6. The summed E-state index contributed by atoms with van der Waals surface area (Å²) in [7, 11) is 0. The van der Waals surface area contributed by atoms with Gasteiger partial charge in [0, 0.05) is 11.3 Å². The molecule has 13 aliphatic carbocycles. The zero-order valence-electron chi connectivity index (χ0n) is 55.4. The second-order valence-electron chi connectivity index (χ2n) is 33.7. The Hall–Kier alpha value is -4.42. The Morgan fingerprint density at radius 2 is 0.815 bits per heavy atom. The molecule has 500 valence electrons. The lowest BCUT2D eigenvalue weighted by atomic mass is 9.48. The highest BCUT2D eigenvalue weighted by Gasteiger charge is 2.62. The van der Waals surface area contributed by atoms with Gasteiger partial charge in [0.05, 0.1) is 19.6 Å². The topological polar surface area (TPSA) is 191 Å². The Labute approximate surface area is 550 Å². The Morgan fingerprint density at radius 3 is 1.16 bits per heavy atom. The Balaban J connectivity index is 0.000000120. The van der Waals surface area contributed by atoms with E-state index in [0.717, 1.165) is 98.7 Å². The van der Waals surface area contributed by atoms with Gasteiger partial charge >= 0.3 is 0 Å². The van der Waals surface area contributed by atoms with Crippen LogP contribution < -0.4 is 0 Å². The van der Waals surface area contributed by atoms with Crippen LogP contribution in [-0.4, -0.2) is 99.2 Å². The van der Waals surface area contributed by atoms with Gasteiger partial charge in [0.2, 0.25) is 0 Å². The van der Waals surface area contributed by atoms with E-state index in [-0.39, 0.29) is 17.8 Å². The van der Waals surface area contributed by atoms with Crippen LogP contribution in [0, 0.1) is 152 Å². The lowest BCUT2D eigenvalue weighted by molar-refractivity contribution is -0.159. The molecule has 0 aliphatic heterocycles. The molecular weight excluding hydrogens is 1180 g/mol. The molecule has 0 unspecified atom stereocenters. The van der Waals surface area contributed by atoms with E-state index in [2.05, 4.69) is 110 Å². The van der Waals surface area contributed by atoms with Gasteiger partial charge in [0.25, 0.3) is 6.43 Å². The van der Waals surface area contributed by atoms with E-state index in [4.69, 9.17) is 11.6 Å². The van der Waals surface area contributed by atoms with Gasteiger partial charge < -0.3 is 15.3 Å². The standard InChI is InChI=1S/C27H38N4O.C24H33ClN4O.C23H34F2N4O/c1-18(16-31-29-17-28-30-31)24-7-8-25-23-6-5-20-15-27(32,13-9-19-3-4-19)14-11-21(20)22(23)10-12-26(24,25)2;1-16(14-29-27-15-26-28-29)21-5-6-22-20-4-3-17-13-24(30,11-12-25)10-8-18(17)19(20)7-9-23(21,22)2;1-14(12-29-27-13-26-28-29)19-5-6-20-18-4-3-15-11-23(30,21(24)25)10-8-16(15)17(18)7-9-22(19,20)2/h17,19-25,32H,1,3-8,10-12,14-16H2,2H3;15,17-22,30H,1,3-10,13-14H2,2H3;13,15-21,30H,1,3-12H2,2H3/t20-,21-,22+,23+,24+,25-,26+,27+;17-,18-,19+,20+,21+,22-,23+,24-;15-,16-,17+,18+,19+,20-,22+,23+/m000/s1. The van der Waals surface area contributed by atoms with Gasteiger partial charge in [0.1, 0.15) is 16.8 Å². The number of rotatable bonds is 10. The lowest BCUT2D eigenvalue weighted by Gasteiger charge is -2.57. The van der Waals surface area contributed by atoms with Crippen LogP contribution in [0.4, 0.5) is 8.78 Å². The van der Waals surface area contributed by atoms with E-state index >= 15 is 0 Å². The summed E-state index contributed by atoms with van der Waals surface area (Å²) in [4.78, 5) is 4.98. The minimum Gasteiger partial charge on any atom is -0.384 e. The molecule has 18 heteroatoms. The maximum Gasteiger partial charge on any atom is 0.266 e. The van der Waals surface area contributed by atoms with Gasteiger partial charge in [0.15, 0.2) is 19.0 Å². The first-order valence-electron chi connectivity index (χ1n) is 36.5. The number of allylic oxidation sites excluding steroid dienone is 3. The first-order valence-corrected chi connectivity index (χ1v) is 36.8. The third kappa shape index (κ3) is 12.1. The van der Waals surface area contributed by atoms with Crippen LogP contribution in [0.25, 0.3) is 0 Å². The first kappa shape index (κ1) is 64.9. The molecule has 0 saturated heterocycles. The summed E-state index contributed by atoms with van der Waals surface area (Å²) in [6.45, 7) is 23.0. The fraction of sp³-hybridized carbons (Fsp3) is 0.824. The smallest absolute Gasteiger partial charge is 0.266 e. The van der Waals surface area contributed by atoms with Crippen molar-refractivity contribution in [2.75, 3.05) is 0 Å². The summed E-state index contributed by atoms with van der Waals surface area (Å²) in [6, 6.07) is 0. The first-order chi connectivity index (χ1) is 44.2. The van der Waals surface area contributed by atoms with E-state index < -0.39 is 23.2 Å². The summed E-state index contributed by atoms with van der Waals surface area (Å²) in [5.41, 5.74) is 1.46. The molecule has 13 saturated carbocycles. The van der Waals surface area contributed by atoms with Crippen LogP contribution in [0.15, 0.2) is 55.4 Å². The molecule has 13 fully saturated rings. The number of alkyl halides is 2. The SMILES string of the molecule is C=C(Cn1ncnn1)[C@H]1CC[C@H]2[C@@H]3CC[C@H]4C[C@@](O)(C#CC5CC5)CC[C@@H]4[C@H]3CC[C@]12C.C=C(Cn1ncnn1)[C@H]1CC[C@H]2[C@@H]3CC[C@H]4C[C@@](O)(C#CCl)CC[C@@H]4[C@H]3CC[C@]12C.C=C(Cn1ncnn1)[C@H]1CC[C@H]2[C@@H]3CC[C@H]4C[C@@](O)(C(F)F)CC[C@@H]4[C@H]3CC[C@]12C. The fourth-order valence-electron chi connectivity index (χ4n) is 25.3. The van der Waals surface area contributed by atoms with Crippen LogP contribution in [-0.2, 0) is 19.6 Å². The van der Waals surface area contributed by atoms with Crippen molar-refractivity contribution in [3.63, 3.8) is 0 Å². The molecule has 0 radical (unpaired) electrons. The summed E-state index contributed by atoms with van der Waals surface area (Å²) in [5, 5.41) is 71.0. The van der Waals surface area contributed by atoms with Crippen LogP contribution in [0.5, 0.6) is 0 Å². The molecule has 92 heavy (non-hydrogen) atoms. The van der Waals surface area contributed by atoms with Crippen LogP contribution in [0.2, 0.25) is 0 Å². The summed E-state index contributed by atoms with van der Waals surface area (Å²) in [5.74, 6) is 22.5. The Morgan fingerprint density at radius 1 is 0.457 bits per heavy atom. The van der Waals surface area contributed by atoms with Gasteiger partial charge in [-0.2, -0.15) is 14.4 Å². The molecule has 16 rings (SSSR count). The number of aromatic nitrogens is 12. The Kier molecular flexibility index (Phi) is 18.0. The van der Waals surface area contributed by atoms with Crippen molar-refractivity contribution in [2.24, 2.45) is 129 Å². The van der Waals surface area contributed by atoms with Crippen molar-refractivity contribution < 1.29 is 24.1 Å². The molecule has 0 bridgehead atoms. The van der Waals surface area contributed by atoms with Crippen molar-refractivity contribution >= 4 is 11.6 Å². The normalized spacial score (nSPS) is 45.2. The molecule has 0 spiro atoms. The van der Waals surface area contributed by atoms with Crippen LogP contribution >= 0.6 is 11.6 Å². The molecule has 0 amide bonds. The number of tetrazole rings is 3. The molecule has 24 atom stereocenters. The average Bonchev–Trinajstić information content (AvgIpc) is 1.41. The minimum absolute atomic E-state index is 0.265.